The van der Waals surface area contributed by atoms with E-state index in [4.69, 9.17) is 4.74 Å². The first-order valence-electron chi connectivity index (χ1n) is 8.51. The molecular formula is C20H17FN4O3S. The zero-order valence-electron chi connectivity index (χ0n) is 15.4. The number of halogens is 1. The van der Waals surface area contributed by atoms with E-state index in [1.807, 2.05) is 0 Å². The maximum Gasteiger partial charge on any atom is 0.256 e. The van der Waals surface area contributed by atoms with E-state index in [1.54, 1.807) is 43.5 Å². The summed E-state index contributed by atoms with van der Waals surface area (Å²) in [5.74, 6) is -0.171. The van der Waals surface area contributed by atoms with E-state index in [-0.39, 0.29) is 23.0 Å². The van der Waals surface area contributed by atoms with Gasteiger partial charge in [0, 0.05) is 17.3 Å². The summed E-state index contributed by atoms with van der Waals surface area (Å²) in [4.78, 5) is 24.1. The summed E-state index contributed by atoms with van der Waals surface area (Å²) >= 11 is 1.20. The largest absolute Gasteiger partial charge is 0.497 e. The first-order chi connectivity index (χ1) is 14.0. The van der Waals surface area contributed by atoms with Gasteiger partial charge in [-0.1, -0.05) is 23.9 Å². The smallest absolute Gasteiger partial charge is 0.256 e. The molecule has 0 unspecified atom stereocenters. The van der Waals surface area contributed by atoms with Gasteiger partial charge in [0.2, 0.25) is 5.91 Å². The quantitative estimate of drug-likeness (QED) is 0.576. The Balaban J connectivity index is 1.51. The molecule has 2 aromatic carbocycles. The molecule has 0 aliphatic rings. The fraction of sp³-hybridized carbons (Fsp3) is 0.100. The highest BCUT2D eigenvalue weighted by atomic mass is 32.2. The Bertz CT molecular complexity index is 1010. The Kier molecular flexibility index (Phi) is 6.75. The maximum atomic E-state index is 13.2. The number of nitrogens with one attached hydrogen (secondary N) is 2. The number of rotatable bonds is 7. The monoisotopic (exact) mass is 412 g/mol. The van der Waals surface area contributed by atoms with Crippen molar-refractivity contribution in [2.24, 2.45) is 0 Å². The van der Waals surface area contributed by atoms with Crippen molar-refractivity contribution in [1.29, 1.82) is 0 Å². The molecule has 0 saturated carbocycles. The van der Waals surface area contributed by atoms with E-state index >= 15 is 0 Å². The number of ether oxygens (including phenoxy) is 1. The number of carbonyl (C=O) groups excluding carboxylic acids is 2. The van der Waals surface area contributed by atoms with Crippen LogP contribution in [-0.4, -0.2) is 34.9 Å². The van der Waals surface area contributed by atoms with E-state index in [1.165, 1.54) is 30.0 Å². The van der Waals surface area contributed by atoms with Crippen LogP contribution in [0.15, 0.2) is 65.7 Å². The first kappa shape index (κ1) is 20.3. The molecule has 0 bridgehead atoms. The van der Waals surface area contributed by atoms with Crippen molar-refractivity contribution in [3.8, 4) is 5.75 Å². The minimum absolute atomic E-state index is 0.140. The Morgan fingerprint density at radius 1 is 1.03 bits per heavy atom. The van der Waals surface area contributed by atoms with Gasteiger partial charge in [0.1, 0.15) is 16.6 Å². The minimum Gasteiger partial charge on any atom is -0.497 e. The Labute approximate surface area is 170 Å². The molecule has 9 heteroatoms. The van der Waals surface area contributed by atoms with Crippen LogP contribution in [0.5, 0.6) is 5.75 Å². The molecule has 1 heterocycles. The molecule has 0 radical (unpaired) electrons. The van der Waals surface area contributed by atoms with Crippen LogP contribution < -0.4 is 15.4 Å². The zero-order chi connectivity index (χ0) is 20.6. The lowest BCUT2D eigenvalue weighted by atomic mass is 10.2. The summed E-state index contributed by atoms with van der Waals surface area (Å²) in [5, 5.41) is 13.7. The van der Waals surface area contributed by atoms with Gasteiger partial charge in [-0.3, -0.25) is 9.59 Å². The van der Waals surface area contributed by atoms with Crippen LogP contribution in [0, 0.1) is 5.82 Å². The summed E-state index contributed by atoms with van der Waals surface area (Å²) in [6, 6.07) is 15.6. The van der Waals surface area contributed by atoms with Crippen LogP contribution in [0.25, 0.3) is 0 Å². The highest BCUT2D eigenvalue weighted by molar-refractivity contribution is 7.99. The first-order valence-corrected chi connectivity index (χ1v) is 9.49. The predicted octanol–water partition coefficient (Wildman–Crippen LogP) is 3.61. The molecule has 0 atom stereocenters. The number of hydrogen-bond acceptors (Lipinski definition) is 6. The lowest BCUT2D eigenvalue weighted by Gasteiger charge is -2.07. The molecule has 7 nitrogen and oxygen atoms in total. The summed E-state index contributed by atoms with van der Waals surface area (Å²) in [5.41, 5.74) is 0.816. The third-order valence-corrected chi connectivity index (χ3v) is 4.59. The number of carbonyl (C=O) groups is 2. The number of aromatic nitrogens is 2. The fourth-order valence-corrected chi connectivity index (χ4v) is 2.93. The third kappa shape index (κ3) is 6.01. The van der Waals surface area contributed by atoms with Crippen molar-refractivity contribution < 1.29 is 18.7 Å². The van der Waals surface area contributed by atoms with Crippen molar-refractivity contribution >= 4 is 35.1 Å². The number of thioether (sulfide) groups is 1. The van der Waals surface area contributed by atoms with E-state index in [0.717, 1.165) is 6.07 Å². The summed E-state index contributed by atoms with van der Waals surface area (Å²) < 4.78 is 18.3. The highest BCUT2D eigenvalue weighted by Crippen LogP contribution is 2.19. The van der Waals surface area contributed by atoms with E-state index in [9.17, 15) is 14.0 Å². The van der Waals surface area contributed by atoms with E-state index < -0.39 is 11.7 Å². The van der Waals surface area contributed by atoms with Crippen LogP contribution in [0.2, 0.25) is 0 Å². The normalized spacial score (nSPS) is 10.3. The molecule has 3 rings (SSSR count). The molecule has 0 spiro atoms. The molecule has 3 aromatic rings. The Morgan fingerprint density at radius 2 is 1.86 bits per heavy atom. The van der Waals surface area contributed by atoms with Gasteiger partial charge in [-0.05, 0) is 42.5 Å². The molecule has 0 aliphatic heterocycles. The summed E-state index contributed by atoms with van der Waals surface area (Å²) in [7, 11) is 1.56. The molecular weight excluding hydrogens is 395 g/mol. The lowest BCUT2D eigenvalue weighted by Crippen LogP contribution is -2.15. The minimum atomic E-state index is -0.497. The summed E-state index contributed by atoms with van der Waals surface area (Å²) in [6.07, 6.45) is 0. The van der Waals surface area contributed by atoms with Crippen molar-refractivity contribution in [2.45, 2.75) is 5.03 Å². The van der Waals surface area contributed by atoms with Gasteiger partial charge in [-0.15, -0.1) is 10.2 Å². The SMILES string of the molecule is COc1cccc(NC(=O)CSc2ccc(NC(=O)c3cccc(F)c3)nn2)c1. The van der Waals surface area contributed by atoms with Gasteiger partial charge in [0.05, 0.1) is 12.9 Å². The van der Waals surface area contributed by atoms with Gasteiger partial charge >= 0.3 is 0 Å². The van der Waals surface area contributed by atoms with E-state index in [2.05, 4.69) is 20.8 Å². The molecule has 2 amide bonds. The average molecular weight is 412 g/mol. The second-order valence-corrected chi connectivity index (χ2v) is 6.79. The molecule has 2 N–H and O–H groups in total. The molecule has 29 heavy (non-hydrogen) atoms. The van der Waals surface area contributed by atoms with Crippen LogP contribution in [0.3, 0.4) is 0 Å². The predicted molar refractivity (Wildman–Crippen MR) is 109 cm³/mol. The lowest BCUT2D eigenvalue weighted by molar-refractivity contribution is -0.113. The zero-order valence-corrected chi connectivity index (χ0v) is 16.2. The highest BCUT2D eigenvalue weighted by Gasteiger charge is 2.09. The fourth-order valence-electron chi connectivity index (χ4n) is 2.32. The van der Waals surface area contributed by atoms with Crippen molar-refractivity contribution in [3.05, 3.63) is 72.0 Å². The van der Waals surface area contributed by atoms with Crippen molar-refractivity contribution in [1.82, 2.24) is 10.2 Å². The number of amides is 2. The Morgan fingerprint density at radius 3 is 2.59 bits per heavy atom. The second-order valence-electron chi connectivity index (χ2n) is 5.79. The molecule has 0 fully saturated rings. The average Bonchev–Trinajstić information content (AvgIpc) is 2.73. The van der Waals surface area contributed by atoms with Gasteiger partial charge in [-0.2, -0.15) is 0 Å². The number of hydrogen-bond donors (Lipinski definition) is 2. The number of benzene rings is 2. The van der Waals surface area contributed by atoms with Gasteiger partial charge in [-0.25, -0.2) is 4.39 Å². The van der Waals surface area contributed by atoms with Crippen LogP contribution in [0.1, 0.15) is 10.4 Å². The summed E-state index contributed by atoms with van der Waals surface area (Å²) in [6.45, 7) is 0. The molecule has 0 saturated heterocycles. The number of nitrogens with zero attached hydrogens (tertiary/aromatic N) is 2. The second kappa shape index (κ2) is 9.65. The van der Waals surface area contributed by atoms with Gasteiger partial charge in [0.15, 0.2) is 5.82 Å². The number of methoxy groups -OCH3 is 1. The van der Waals surface area contributed by atoms with Crippen LogP contribution >= 0.6 is 11.8 Å². The maximum absolute atomic E-state index is 13.2. The topological polar surface area (TPSA) is 93.2 Å². The molecule has 1 aromatic heterocycles. The van der Waals surface area contributed by atoms with Crippen LogP contribution in [-0.2, 0) is 4.79 Å². The third-order valence-electron chi connectivity index (χ3n) is 3.67. The molecule has 0 aliphatic carbocycles. The standard InChI is InChI=1S/C20H17FN4O3S/c1-28-16-7-3-6-15(11-16)22-18(26)12-29-19-9-8-17(24-25-19)23-20(27)13-4-2-5-14(21)10-13/h2-11H,12H2,1H3,(H,22,26)(H,23,24,27). The Hall–Kier alpha value is -3.46. The van der Waals surface area contributed by atoms with Gasteiger partial charge in [0.25, 0.3) is 5.91 Å². The van der Waals surface area contributed by atoms with E-state index in [0.29, 0.717) is 16.5 Å². The molecule has 148 valence electrons. The van der Waals surface area contributed by atoms with Gasteiger partial charge < -0.3 is 15.4 Å². The van der Waals surface area contributed by atoms with Crippen molar-refractivity contribution in [2.75, 3.05) is 23.5 Å². The van der Waals surface area contributed by atoms with Crippen molar-refractivity contribution in [3.63, 3.8) is 0 Å². The number of anilines is 2. The van der Waals surface area contributed by atoms with Crippen LogP contribution in [0.4, 0.5) is 15.9 Å².